The van der Waals surface area contributed by atoms with E-state index in [-0.39, 0.29) is 0 Å². The molecule has 1 aromatic carbocycles. The molecule has 106 valence electrons. The molecule has 0 atom stereocenters. The van der Waals surface area contributed by atoms with Crippen LogP contribution < -0.4 is 4.90 Å². The van der Waals surface area contributed by atoms with Crippen LogP contribution in [0.2, 0.25) is 0 Å². The number of rotatable bonds is 4. The topological polar surface area (TPSA) is 57.3 Å². The molecule has 2 heterocycles. The van der Waals surface area contributed by atoms with Gasteiger partial charge in [-0.3, -0.25) is 0 Å². The molecular weight excluding hydrogens is 254 g/mol. The van der Waals surface area contributed by atoms with Gasteiger partial charge in [0.15, 0.2) is 0 Å². The second kappa shape index (κ2) is 6.11. The van der Waals surface area contributed by atoms with Crippen molar-refractivity contribution >= 4 is 0 Å². The third kappa shape index (κ3) is 3.20. The fourth-order valence-corrected chi connectivity index (χ4v) is 2.32. The Bertz CT molecular complexity index is 545. The molecule has 0 aliphatic carbocycles. The van der Waals surface area contributed by atoms with Gasteiger partial charge < -0.3 is 9.64 Å². The first kappa shape index (κ1) is 13.2. The van der Waals surface area contributed by atoms with Crippen molar-refractivity contribution in [3.63, 3.8) is 0 Å². The number of morpholine rings is 1. The molecule has 0 saturated carbocycles. The van der Waals surface area contributed by atoms with E-state index in [4.69, 9.17) is 4.74 Å². The molecule has 0 radical (unpaired) electrons. The quantitative estimate of drug-likeness (QED) is 0.821. The van der Waals surface area contributed by atoms with E-state index >= 15 is 0 Å². The van der Waals surface area contributed by atoms with Crippen molar-refractivity contribution in [2.75, 3.05) is 32.8 Å². The largest absolute Gasteiger partial charge is 0.370 e. The molecule has 1 fully saturated rings. The standard InChI is InChI=1S/C14H19N5O/c1-12-2-4-13(5-3-12)14-15-17-19(16-14)7-6-18-8-10-20-11-9-18/h2-5H,6-11H2,1H3/p+1. The minimum absolute atomic E-state index is 0.696. The second-order valence-corrected chi connectivity index (χ2v) is 5.19. The maximum Gasteiger partial charge on any atom is 0.204 e. The van der Waals surface area contributed by atoms with Crippen LogP contribution in [-0.2, 0) is 11.3 Å². The number of tetrazole rings is 1. The predicted molar refractivity (Wildman–Crippen MR) is 74.4 cm³/mol. The Morgan fingerprint density at radius 3 is 2.70 bits per heavy atom. The number of benzene rings is 1. The van der Waals surface area contributed by atoms with Crippen molar-refractivity contribution in [2.24, 2.45) is 0 Å². The van der Waals surface area contributed by atoms with E-state index in [1.165, 1.54) is 5.56 Å². The molecule has 0 bridgehead atoms. The highest BCUT2D eigenvalue weighted by molar-refractivity contribution is 5.53. The summed E-state index contributed by atoms with van der Waals surface area (Å²) in [5, 5.41) is 12.7. The van der Waals surface area contributed by atoms with Crippen LogP contribution in [0.4, 0.5) is 0 Å². The summed E-state index contributed by atoms with van der Waals surface area (Å²) in [6.07, 6.45) is 0. The molecular formula is C14H20N5O+. The monoisotopic (exact) mass is 274 g/mol. The Kier molecular flexibility index (Phi) is 4.03. The van der Waals surface area contributed by atoms with Gasteiger partial charge in [0.1, 0.15) is 19.6 Å². The van der Waals surface area contributed by atoms with Gasteiger partial charge in [0.25, 0.3) is 0 Å². The first-order valence-electron chi connectivity index (χ1n) is 7.07. The molecule has 0 spiro atoms. The molecule has 0 amide bonds. The summed E-state index contributed by atoms with van der Waals surface area (Å²) in [6, 6.07) is 8.19. The SMILES string of the molecule is Cc1ccc(-c2nnn(CC[NH+]3CCOCC3)n2)cc1. The average Bonchev–Trinajstić information content (AvgIpc) is 2.96. The van der Waals surface area contributed by atoms with Crippen LogP contribution in [0.25, 0.3) is 11.4 Å². The summed E-state index contributed by atoms with van der Waals surface area (Å²) in [7, 11) is 0. The molecule has 20 heavy (non-hydrogen) atoms. The summed E-state index contributed by atoms with van der Waals surface area (Å²) in [6.45, 7) is 7.74. The third-order valence-electron chi connectivity index (χ3n) is 3.63. The Balaban J connectivity index is 1.60. The molecule has 1 aliphatic heterocycles. The molecule has 1 saturated heterocycles. The minimum atomic E-state index is 0.696. The molecule has 3 rings (SSSR count). The van der Waals surface area contributed by atoms with Crippen LogP contribution in [0.1, 0.15) is 5.56 Å². The van der Waals surface area contributed by atoms with Gasteiger partial charge in [0.05, 0.1) is 19.8 Å². The summed E-state index contributed by atoms with van der Waals surface area (Å²) in [5.74, 6) is 0.696. The number of aryl methyl sites for hydroxylation is 1. The molecule has 6 heteroatoms. The first-order chi connectivity index (χ1) is 9.81. The zero-order valence-electron chi connectivity index (χ0n) is 11.7. The van der Waals surface area contributed by atoms with Crippen LogP contribution in [0.3, 0.4) is 0 Å². The van der Waals surface area contributed by atoms with Crippen LogP contribution >= 0.6 is 0 Å². The number of hydrogen-bond donors (Lipinski definition) is 1. The van der Waals surface area contributed by atoms with Gasteiger partial charge in [-0.15, -0.1) is 10.2 Å². The number of quaternary nitrogens is 1. The number of hydrogen-bond acceptors (Lipinski definition) is 4. The van der Waals surface area contributed by atoms with Crippen molar-refractivity contribution < 1.29 is 9.64 Å². The maximum absolute atomic E-state index is 5.35. The fraction of sp³-hybridized carbons (Fsp3) is 0.500. The van der Waals surface area contributed by atoms with Gasteiger partial charge in [0, 0.05) is 5.56 Å². The van der Waals surface area contributed by atoms with Crippen molar-refractivity contribution in [2.45, 2.75) is 13.5 Å². The molecule has 1 aliphatic rings. The number of aromatic nitrogens is 4. The molecule has 2 aromatic rings. The van der Waals surface area contributed by atoms with E-state index in [2.05, 4.69) is 34.5 Å². The Labute approximate surface area is 118 Å². The van der Waals surface area contributed by atoms with E-state index in [0.29, 0.717) is 5.82 Å². The Morgan fingerprint density at radius 2 is 1.95 bits per heavy atom. The summed E-state index contributed by atoms with van der Waals surface area (Å²) in [4.78, 5) is 3.24. The van der Waals surface area contributed by atoms with Gasteiger partial charge in [-0.05, 0) is 12.1 Å². The first-order valence-corrected chi connectivity index (χ1v) is 7.07. The summed E-state index contributed by atoms with van der Waals surface area (Å²) < 4.78 is 5.35. The van der Waals surface area contributed by atoms with Gasteiger partial charge >= 0.3 is 0 Å². The number of nitrogens with zero attached hydrogens (tertiary/aromatic N) is 4. The van der Waals surface area contributed by atoms with Crippen molar-refractivity contribution in [1.82, 2.24) is 20.2 Å². The van der Waals surface area contributed by atoms with Crippen molar-refractivity contribution in [1.29, 1.82) is 0 Å². The Morgan fingerprint density at radius 1 is 1.20 bits per heavy atom. The highest BCUT2D eigenvalue weighted by Gasteiger charge is 2.14. The van der Waals surface area contributed by atoms with E-state index in [1.807, 2.05) is 12.1 Å². The lowest BCUT2D eigenvalue weighted by molar-refractivity contribution is -0.908. The van der Waals surface area contributed by atoms with Gasteiger partial charge in [-0.2, -0.15) is 4.80 Å². The van der Waals surface area contributed by atoms with E-state index in [9.17, 15) is 0 Å². The van der Waals surface area contributed by atoms with Crippen LogP contribution in [0.5, 0.6) is 0 Å². The third-order valence-corrected chi connectivity index (χ3v) is 3.63. The van der Waals surface area contributed by atoms with Crippen molar-refractivity contribution in [3.05, 3.63) is 29.8 Å². The van der Waals surface area contributed by atoms with Gasteiger partial charge in [-0.25, -0.2) is 0 Å². The molecule has 0 unspecified atom stereocenters. The molecule has 6 nitrogen and oxygen atoms in total. The highest BCUT2D eigenvalue weighted by Crippen LogP contribution is 2.13. The van der Waals surface area contributed by atoms with E-state index in [0.717, 1.165) is 45.0 Å². The van der Waals surface area contributed by atoms with Crippen LogP contribution in [0.15, 0.2) is 24.3 Å². The fourth-order valence-electron chi connectivity index (χ4n) is 2.32. The van der Waals surface area contributed by atoms with Crippen LogP contribution in [-0.4, -0.2) is 53.1 Å². The van der Waals surface area contributed by atoms with Crippen LogP contribution in [0, 0.1) is 6.92 Å². The van der Waals surface area contributed by atoms with Crippen molar-refractivity contribution in [3.8, 4) is 11.4 Å². The normalized spacial score (nSPS) is 16.4. The smallest absolute Gasteiger partial charge is 0.204 e. The second-order valence-electron chi connectivity index (χ2n) is 5.19. The number of nitrogens with one attached hydrogen (secondary N) is 1. The lowest BCUT2D eigenvalue weighted by atomic mass is 10.1. The lowest BCUT2D eigenvalue weighted by Gasteiger charge is -2.23. The zero-order valence-corrected chi connectivity index (χ0v) is 11.7. The predicted octanol–water partition coefficient (Wildman–Crippen LogP) is -0.436. The summed E-state index contributed by atoms with van der Waals surface area (Å²) in [5.41, 5.74) is 2.25. The highest BCUT2D eigenvalue weighted by atomic mass is 16.5. The average molecular weight is 274 g/mol. The molecule has 1 aromatic heterocycles. The van der Waals surface area contributed by atoms with Gasteiger partial charge in [-0.1, -0.05) is 29.8 Å². The minimum Gasteiger partial charge on any atom is -0.370 e. The van der Waals surface area contributed by atoms with E-state index in [1.54, 1.807) is 9.70 Å². The Hall–Kier alpha value is -1.79. The molecule has 1 N–H and O–H groups in total. The van der Waals surface area contributed by atoms with Gasteiger partial charge in [0.2, 0.25) is 5.82 Å². The maximum atomic E-state index is 5.35. The number of ether oxygens (including phenoxy) is 1. The lowest BCUT2D eigenvalue weighted by Crippen LogP contribution is -3.14. The zero-order chi connectivity index (χ0) is 13.8. The van der Waals surface area contributed by atoms with E-state index < -0.39 is 0 Å². The summed E-state index contributed by atoms with van der Waals surface area (Å²) >= 11 is 0.